The number of rotatable bonds is 7. The predicted octanol–water partition coefficient (Wildman–Crippen LogP) is 6.02. The summed E-state index contributed by atoms with van der Waals surface area (Å²) in [5.74, 6) is -1.70. The van der Waals surface area contributed by atoms with Crippen molar-refractivity contribution in [2.45, 2.75) is 48.8 Å². The number of benzene rings is 2. The molecule has 0 bridgehead atoms. The lowest BCUT2D eigenvalue weighted by Gasteiger charge is -2.49. The highest BCUT2D eigenvalue weighted by atomic mass is 32.2. The summed E-state index contributed by atoms with van der Waals surface area (Å²) in [7, 11) is -4.21. The molecule has 4 aromatic rings. The second kappa shape index (κ2) is 11.5. The van der Waals surface area contributed by atoms with Crippen LogP contribution in [0.5, 0.6) is 0 Å². The average Bonchev–Trinajstić information content (AvgIpc) is 3.43. The van der Waals surface area contributed by atoms with Crippen molar-refractivity contribution in [2.75, 3.05) is 13.2 Å². The van der Waals surface area contributed by atoms with Gasteiger partial charge in [0.25, 0.3) is 0 Å². The molecule has 0 radical (unpaired) electrons. The summed E-state index contributed by atoms with van der Waals surface area (Å²) < 4.78 is 105. The maximum Gasteiger partial charge on any atom is 0.416 e. The summed E-state index contributed by atoms with van der Waals surface area (Å²) in [6.07, 6.45) is 0.0687. The van der Waals surface area contributed by atoms with Crippen LogP contribution in [0.2, 0.25) is 0 Å². The highest BCUT2D eigenvalue weighted by Gasteiger charge is 2.53. The first kappa shape index (κ1) is 31.3. The van der Waals surface area contributed by atoms with Crippen LogP contribution in [0.25, 0.3) is 11.8 Å². The molecular formula is C33H27F5N4O4S. The van der Waals surface area contributed by atoms with Crippen LogP contribution in [0.15, 0.2) is 83.5 Å². The van der Waals surface area contributed by atoms with Gasteiger partial charge in [-0.25, -0.2) is 21.9 Å². The molecule has 0 unspecified atom stereocenters. The van der Waals surface area contributed by atoms with Crippen molar-refractivity contribution in [2.24, 2.45) is 5.41 Å². The Labute approximate surface area is 266 Å². The molecule has 2 aromatic heterocycles. The molecule has 14 heteroatoms. The Morgan fingerprint density at radius 1 is 0.979 bits per heavy atom. The number of halogens is 5. The maximum atomic E-state index is 14.6. The lowest BCUT2D eigenvalue weighted by Crippen LogP contribution is -2.58. The second-order valence-electron chi connectivity index (χ2n) is 12.0. The normalized spacial score (nSPS) is 21.5. The number of aromatic nitrogens is 3. The second-order valence-corrected chi connectivity index (χ2v) is 13.8. The molecule has 47 heavy (non-hydrogen) atoms. The number of ether oxygens (including phenoxy) is 1. The van der Waals surface area contributed by atoms with Crippen LogP contribution in [0.3, 0.4) is 0 Å². The zero-order valence-corrected chi connectivity index (χ0v) is 25.4. The predicted molar refractivity (Wildman–Crippen MR) is 159 cm³/mol. The molecule has 1 aliphatic heterocycles. The van der Waals surface area contributed by atoms with Crippen molar-refractivity contribution in [1.29, 1.82) is 0 Å². The molecule has 2 aliphatic carbocycles. The summed E-state index contributed by atoms with van der Waals surface area (Å²) in [5.41, 5.74) is -0.451. The van der Waals surface area contributed by atoms with Gasteiger partial charge in [-0.2, -0.15) is 22.6 Å². The van der Waals surface area contributed by atoms with Crippen molar-refractivity contribution in [3.05, 3.63) is 113 Å². The number of Topliss-reactive ketones (excluding diaryl/α,β-unsaturated/α-hetero) is 1. The summed E-state index contributed by atoms with van der Waals surface area (Å²) in [4.78, 5) is 18.5. The maximum absolute atomic E-state index is 14.6. The van der Waals surface area contributed by atoms with Gasteiger partial charge < -0.3 is 4.74 Å². The van der Waals surface area contributed by atoms with E-state index < -0.39 is 56.7 Å². The molecule has 3 heterocycles. The molecule has 0 amide bonds. The van der Waals surface area contributed by atoms with Crippen molar-refractivity contribution in [3.8, 4) is 5.69 Å². The molecule has 3 aliphatic rings. The Morgan fingerprint density at radius 3 is 2.30 bits per heavy atom. The molecule has 0 spiro atoms. The van der Waals surface area contributed by atoms with Gasteiger partial charge in [-0.3, -0.25) is 9.78 Å². The topological polar surface area (TPSA) is 94.4 Å². The quantitative estimate of drug-likeness (QED) is 0.177. The van der Waals surface area contributed by atoms with Gasteiger partial charge in [0, 0.05) is 12.2 Å². The van der Waals surface area contributed by atoms with Crippen LogP contribution in [0.1, 0.15) is 46.6 Å². The first-order chi connectivity index (χ1) is 22.4. The zero-order valence-electron chi connectivity index (χ0n) is 24.6. The van der Waals surface area contributed by atoms with Gasteiger partial charge in [-0.1, -0.05) is 5.57 Å². The van der Waals surface area contributed by atoms with E-state index in [0.29, 0.717) is 28.9 Å². The highest BCUT2D eigenvalue weighted by molar-refractivity contribution is 7.89. The fraction of sp³-hybridized carbons (Fsp3) is 0.303. The Bertz CT molecular complexity index is 1990. The molecule has 1 saturated carbocycles. The van der Waals surface area contributed by atoms with E-state index >= 15 is 0 Å². The fourth-order valence-corrected chi connectivity index (χ4v) is 8.66. The highest BCUT2D eigenvalue weighted by Crippen LogP contribution is 2.52. The minimum absolute atomic E-state index is 0.0220. The number of pyridine rings is 1. The SMILES string of the molecule is O=C(c1cc(C(F)(F)F)ccn1)[C@]12Cc3cnn(-c4ccc(F)cc4)c3C=C1CC[C@H](N(C1COC1)S(=O)(=O)c1ccc(F)cc1)C2. The monoisotopic (exact) mass is 670 g/mol. The van der Waals surface area contributed by atoms with Crippen LogP contribution in [-0.2, 0) is 27.4 Å². The number of allylic oxidation sites excluding steroid dienone is 1. The van der Waals surface area contributed by atoms with Gasteiger partial charge in [0.2, 0.25) is 10.0 Å². The number of sulfonamides is 1. The van der Waals surface area contributed by atoms with E-state index in [4.69, 9.17) is 4.74 Å². The van der Waals surface area contributed by atoms with Crippen molar-refractivity contribution < 1.29 is 39.9 Å². The third-order valence-electron chi connectivity index (χ3n) is 9.19. The van der Waals surface area contributed by atoms with Crippen LogP contribution in [0.4, 0.5) is 22.0 Å². The Balaban J connectivity index is 1.34. The lowest BCUT2D eigenvalue weighted by molar-refractivity contribution is -0.137. The average molecular weight is 671 g/mol. The van der Waals surface area contributed by atoms with Crippen LogP contribution < -0.4 is 0 Å². The first-order valence-electron chi connectivity index (χ1n) is 14.9. The summed E-state index contributed by atoms with van der Waals surface area (Å²) in [6, 6.07) is 10.3. The number of hydrogen-bond donors (Lipinski definition) is 0. The van der Waals surface area contributed by atoms with Crippen LogP contribution in [0, 0.1) is 17.0 Å². The van der Waals surface area contributed by atoms with Crippen molar-refractivity contribution in [1.82, 2.24) is 19.1 Å². The van der Waals surface area contributed by atoms with E-state index in [0.717, 1.165) is 30.5 Å². The van der Waals surface area contributed by atoms with Gasteiger partial charge in [0.1, 0.15) is 17.3 Å². The van der Waals surface area contributed by atoms with E-state index in [1.54, 1.807) is 29.1 Å². The number of alkyl halides is 3. The lowest BCUT2D eigenvalue weighted by atomic mass is 9.60. The molecule has 1 saturated heterocycles. The molecule has 244 valence electrons. The third-order valence-corrected chi connectivity index (χ3v) is 11.2. The molecule has 0 N–H and O–H groups in total. The smallest absolute Gasteiger partial charge is 0.378 e. The number of fused-ring (bicyclic) bond motifs is 2. The Morgan fingerprint density at radius 2 is 1.66 bits per heavy atom. The third kappa shape index (κ3) is 5.47. The van der Waals surface area contributed by atoms with Gasteiger partial charge in [-0.15, -0.1) is 0 Å². The molecular weight excluding hydrogens is 643 g/mol. The van der Waals surface area contributed by atoms with E-state index in [2.05, 4.69) is 10.1 Å². The first-order valence-corrected chi connectivity index (χ1v) is 16.3. The zero-order chi connectivity index (χ0) is 33.1. The van der Waals surface area contributed by atoms with Crippen molar-refractivity contribution in [3.63, 3.8) is 0 Å². The summed E-state index contributed by atoms with van der Waals surface area (Å²) in [5, 5.41) is 4.48. The standard InChI is InChI=1S/C33H27F5N4O4S/c34-23-2-7-25(8-3-23)41-30-14-21-1-6-26(42(27-18-46-19-27)47(44,45)28-9-4-24(35)5-10-28)16-32(21,15-20(30)17-40-41)31(43)29-13-22(11-12-39-29)33(36,37)38/h2-5,7-14,17,26-27H,1,6,15-16,18-19H2/t26-,32-/m0/s1. The van der Waals surface area contributed by atoms with Crippen LogP contribution >= 0.6 is 0 Å². The van der Waals surface area contributed by atoms with E-state index in [1.807, 2.05) is 0 Å². The van der Waals surface area contributed by atoms with E-state index in [9.17, 15) is 35.2 Å². The molecule has 2 fully saturated rings. The van der Waals surface area contributed by atoms with E-state index in [-0.39, 0.29) is 43.1 Å². The number of ketones is 1. The van der Waals surface area contributed by atoms with Gasteiger partial charge in [0.15, 0.2) is 5.78 Å². The van der Waals surface area contributed by atoms with Crippen molar-refractivity contribution >= 4 is 21.9 Å². The largest absolute Gasteiger partial charge is 0.416 e. The summed E-state index contributed by atoms with van der Waals surface area (Å²) >= 11 is 0. The number of carbonyl (C=O) groups is 1. The minimum Gasteiger partial charge on any atom is -0.378 e. The number of nitrogens with zero attached hydrogens (tertiary/aromatic N) is 4. The number of hydrogen-bond acceptors (Lipinski definition) is 6. The van der Waals surface area contributed by atoms with Gasteiger partial charge in [0.05, 0.1) is 52.7 Å². The van der Waals surface area contributed by atoms with Gasteiger partial charge >= 0.3 is 6.18 Å². The molecule has 8 nitrogen and oxygen atoms in total. The van der Waals surface area contributed by atoms with Crippen LogP contribution in [-0.4, -0.2) is 58.6 Å². The Kier molecular flexibility index (Phi) is 7.64. The van der Waals surface area contributed by atoms with Gasteiger partial charge in [-0.05, 0) is 98.0 Å². The Hall–Kier alpha value is -4.27. The molecule has 7 rings (SSSR count). The molecule has 2 aromatic carbocycles. The molecule has 2 atom stereocenters. The van der Waals surface area contributed by atoms with E-state index in [1.165, 1.54) is 28.6 Å². The number of carbonyl (C=O) groups excluding carboxylic acids is 1. The fourth-order valence-electron chi connectivity index (χ4n) is 6.85. The summed E-state index contributed by atoms with van der Waals surface area (Å²) in [6.45, 7) is 0.231. The minimum atomic E-state index is -4.72.